The molecule has 1 radical (unpaired) electrons. The van der Waals surface area contributed by atoms with Gasteiger partial charge in [-0.3, -0.25) is 0 Å². The topological polar surface area (TPSA) is 0 Å². The molecule has 1 aromatic rings. The molecule has 1 rings (SSSR count). The van der Waals surface area contributed by atoms with Gasteiger partial charge < -0.3 is 0 Å². The summed E-state index contributed by atoms with van der Waals surface area (Å²) in [6, 6.07) is 7.79. The monoisotopic (exact) mass is 259 g/mol. The number of hydrogen-bond acceptors (Lipinski definition) is 0. The zero-order valence-corrected chi connectivity index (χ0v) is 9.96. The van der Waals surface area contributed by atoms with Gasteiger partial charge in [0, 0.05) is 0 Å². The van der Waals surface area contributed by atoms with Gasteiger partial charge in [0.25, 0.3) is 0 Å². The fraction of sp³-hybridized carbons (Fsp3) is 0.333. The summed E-state index contributed by atoms with van der Waals surface area (Å²) in [5.41, 5.74) is 0. The predicted octanol–water partition coefficient (Wildman–Crippen LogP) is 2.17. The summed E-state index contributed by atoms with van der Waals surface area (Å²) in [5.74, 6) is -0.228. The van der Waals surface area contributed by atoms with E-state index in [-0.39, 0.29) is 5.82 Å². The van der Waals surface area contributed by atoms with E-state index in [9.17, 15) is 4.39 Å². The van der Waals surface area contributed by atoms with E-state index < -0.39 is 18.4 Å². The molecule has 0 amide bonds. The van der Waals surface area contributed by atoms with Gasteiger partial charge in [0.15, 0.2) is 0 Å². The molecule has 0 atom stereocenters. The number of benzene rings is 1. The SMILES string of the molecule is [CH3][Sn]([CH3])([CH3])[c]1cc[c]c(F)c1. The van der Waals surface area contributed by atoms with Crippen molar-refractivity contribution in [2.24, 2.45) is 0 Å². The van der Waals surface area contributed by atoms with Gasteiger partial charge in [0.1, 0.15) is 0 Å². The first-order chi connectivity index (χ1) is 5.00. The molecule has 0 aliphatic rings. The second-order valence-electron chi connectivity index (χ2n) is 3.68. The molecule has 0 spiro atoms. The van der Waals surface area contributed by atoms with Crippen LogP contribution in [-0.4, -0.2) is 18.4 Å². The van der Waals surface area contributed by atoms with Crippen molar-refractivity contribution >= 4 is 22.0 Å². The van der Waals surface area contributed by atoms with E-state index in [1.807, 2.05) is 6.07 Å². The summed E-state index contributed by atoms with van der Waals surface area (Å²) in [4.78, 5) is 6.80. The molecule has 0 aliphatic carbocycles. The summed E-state index contributed by atoms with van der Waals surface area (Å²) in [6.07, 6.45) is 0. The van der Waals surface area contributed by atoms with Crippen molar-refractivity contribution in [2.75, 3.05) is 0 Å². The van der Waals surface area contributed by atoms with Crippen LogP contribution in [0.5, 0.6) is 0 Å². The van der Waals surface area contributed by atoms with E-state index in [0.29, 0.717) is 0 Å². The van der Waals surface area contributed by atoms with Crippen molar-refractivity contribution in [1.82, 2.24) is 0 Å². The third kappa shape index (κ3) is 2.47. The number of hydrogen-bond donors (Lipinski definition) is 0. The van der Waals surface area contributed by atoms with Crippen molar-refractivity contribution in [3.05, 3.63) is 30.1 Å². The third-order valence-corrected chi connectivity index (χ3v) is 7.46. The van der Waals surface area contributed by atoms with Crippen LogP contribution in [-0.2, 0) is 0 Å². The summed E-state index contributed by atoms with van der Waals surface area (Å²) in [5, 5.41) is 0. The molecule has 11 heavy (non-hydrogen) atoms. The Morgan fingerprint density at radius 2 is 2.00 bits per heavy atom. The molecule has 0 fully saturated rings. The number of halogens is 1. The second kappa shape index (κ2) is 3.13. The Balaban J connectivity index is 3.06. The molecular formula is C9H12FSn. The van der Waals surface area contributed by atoms with Crippen molar-refractivity contribution in [3.8, 4) is 0 Å². The normalized spacial score (nSPS) is 11.6. The van der Waals surface area contributed by atoms with E-state index in [0.717, 1.165) is 0 Å². The molecule has 0 saturated heterocycles. The molecular weight excluding hydrogens is 246 g/mol. The Morgan fingerprint density at radius 1 is 1.36 bits per heavy atom. The van der Waals surface area contributed by atoms with E-state index in [1.54, 1.807) is 12.1 Å². The van der Waals surface area contributed by atoms with Crippen LogP contribution in [0.3, 0.4) is 0 Å². The van der Waals surface area contributed by atoms with Crippen molar-refractivity contribution in [3.63, 3.8) is 0 Å². The van der Waals surface area contributed by atoms with Crippen LogP contribution < -0.4 is 3.58 Å². The predicted molar refractivity (Wildman–Crippen MR) is 48.2 cm³/mol. The third-order valence-electron chi connectivity index (χ3n) is 1.63. The number of rotatable bonds is 1. The molecule has 0 heterocycles. The maximum atomic E-state index is 12.7. The van der Waals surface area contributed by atoms with E-state index >= 15 is 0 Å². The molecule has 0 unspecified atom stereocenters. The zero-order valence-electron chi connectivity index (χ0n) is 7.11. The Bertz CT molecular complexity index is 250. The van der Waals surface area contributed by atoms with Gasteiger partial charge in [-0.1, -0.05) is 0 Å². The van der Waals surface area contributed by atoms with Gasteiger partial charge in [-0.2, -0.15) is 0 Å². The van der Waals surface area contributed by atoms with Crippen LogP contribution in [0.1, 0.15) is 0 Å². The molecule has 2 heteroatoms. The van der Waals surface area contributed by atoms with Gasteiger partial charge in [0.2, 0.25) is 0 Å². The van der Waals surface area contributed by atoms with Gasteiger partial charge in [-0.15, -0.1) is 0 Å². The molecule has 59 valence electrons. The molecule has 1 aromatic carbocycles. The molecule has 0 bridgehead atoms. The summed E-state index contributed by atoms with van der Waals surface area (Å²) in [7, 11) is 0. The van der Waals surface area contributed by atoms with E-state index in [1.165, 1.54) is 3.58 Å². The van der Waals surface area contributed by atoms with Gasteiger partial charge >= 0.3 is 71.2 Å². The minimum atomic E-state index is -2.02. The van der Waals surface area contributed by atoms with Crippen LogP contribution in [0.25, 0.3) is 0 Å². The van der Waals surface area contributed by atoms with Gasteiger partial charge in [-0.25, -0.2) is 0 Å². The molecule has 0 aromatic heterocycles. The first-order valence-corrected chi connectivity index (χ1v) is 13.7. The van der Waals surface area contributed by atoms with Crippen LogP contribution in [0.15, 0.2) is 18.2 Å². The average molecular weight is 258 g/mol. The fourth-order valence-corrected chi connectivity index (χ4v) is 4.17. The molecule has 0 nitrogen and oxygen atoms in total. The standard InChI is InChI=1S/C6H3F.3CH3.Sn/c7-6-4-2-1-3-5-6;;;;/h1-2,5H;3*1H3;. The Morgan fingerprint density at radius 3 is 2.36 bits per heavy atom. The summed E-state index contributed by atoms with van der Waals surface area (Å²) in [6.45, 7) is 0. The molecule has 0 aliphatic heterocycles. The Labute approximate surface area is 71.3 Å². The maximum absolute atomic E-state index is 12.7. The summed E-state index contributed by atoms with van der Waals surface area (Å²) < 4.78 is 13.9. The van der Waals surface area contributed by atoms with Gasteiger partial charge in [0.05, 0.1) is 0 Å². The first kappa shape index (κ1) is 9.04. The van der Waals surface area contributed by atoms with Crippen molar-refractivity contribution < 1.29 is 4.39 Å². The minimum absolute atomic E-state index is 0.228. The van der Waals surface area contributed by atoms with E-state index in [2.05, 4.69) is 20.9 Å². The van der Waals surface area contributed by atoms with Crippen molar-refractivity contribution in [1.29, 1.82) is 0 Å². The van der Waals surface area contributed by atoms with Crippen LogP contribution in [0, 0.1) is 11.9 Å². The summed E-state index contributed by atoms with van der Waals surface area (Å²) >= 11 is -2.02. The zero-order chi connectivity index (χ0) is 8.48. The Hall–Kier alpha value is -0.0513. The van der Waals surface area contributed by atoms with Crippen LogP contribution in [0.2, 0.25) is 14.8 Å². The van der Waals surface area contributed by atoms with Crippen LogP contribution in [0.4, 0.5) is 4.39 Å². The van der Waals surface area contributed by atoms with Crippen molar-refractivity contribution in [2.45, 2.75) is 14.8 Å². The van der Waals surface area contributed by atoms with Crippen LogP contribution >= 0.6 is 0 Å². The van der Waals surface area contributed by atoms with Gasteiger partial charge in [-0.05, 0) is 0 Å². The average Bonchev–Trinajstić information content (AvgIpc) is 1.86. The fourth-order valence-electron chi connectivity index (χ4n) is 0.904. The molecule has 0 saturated carbocycles. The van der Waals surface area contributed by atoms with E-state index in [4.69, 9.17) is 0 Å². The Kier molecular flexibility index (Phi) is 2.57. The molecule has 0 N–H and O–H groups in total. The second-order valence-corrected chi connectivity index (χ2v) is 18.2. The first-order valence-electron chi connectivity index (χ1n) is 3.68. The quantitative estimate of drug-likeness (QED) is 0.677.